The van der Waals surface area contributed by atoms with Gasteiger partial charge < -0.3 is 15.4 Å². The van der Waals surface area contributed by atoms with E-state index in [1.54, 1.807) is 48.5 Å². The van der Waals surface area contributed by atoms with Crippen LogP contribution in [0.4, 0.5) is 17.1 Å². The normalized spacial score (nSPS) is 10.9. The number of nitrogens with zero attached hydrogens (tertiary/aromatic N) is 1. The summed E-state index contributed by atoms with van der Waals surface area (Å²) in [4.78, 5) is 24.0. The van der Waals surface area contributed by atoms with E-state index in [1.807, 2.05) is 0 Å². The maximum absolute atomic E-state index is 13.5. The topological polar surface area (TPSA) is 105 Å². The molecular weight excluding hydrogens is 466 g/mol. The van der Waals surface area contributed by atoms with E-state index in [0.717, 1.165) is 4.31 Å². The molecule has 0 radical (unpaired) electrons. The number of ether oxygens (including phenoxy) is 1. The van der Waals surface area contributed by atoms with E-state index < -0.39 is 22.5 Å². The van der Waals surface area contributed by atoms with Crippen molar-refractivity contribution in [3.8, 4) is 5.75 Å². The quantitative estimate of drug-likeness (QED) is 0.497. The Kier molecular flexibility index (Phi) is 7.57. The molecule has 33 heavy (non-hydrogen) atoms. The molecule has 3 aromatic rings. The van der Waals surface area contributed by atoms with Crippen molar-refractivity contribution in [3.63, 3.8) is 0 Å². The van der Waals surface area contributed by atoms with Crippen LogP contribution in [0.5, 0.6) is 5.75 Å². The Bertz CT molecular complexity index is 1250. The van der Waals surface area contributed by atoms with Gasteiger partial charge >= 0.3 is 0 Å². The number of carbonyl (C=O) groups excluding carboxylic acids is 2. The number of methoxy groups -OCH3 is 1. The second-order valence-corrected chi connectivity index (χ2v) is 9.21. The minimum Gasteiger partial charge on any atom is -0.497 e. The number of anilines is 3. The average Bonchev–Trinajstić information content (AvgIpc) is 2.79. The molecule has 3 rings (SSSR count). The molecule has 2 N–H and O–H groups in total. The fourth-order valence-electron chi connectivity index (χ4n) is 2.99. The second kappa shape index (κ2) is 10.4. The fraction of sp³-hybridized carbons (Fsp3) is 0.130. The van der Waals surface area contributed by atoms with Gasteiger partial charge in [-0.3, -0.25) is 13.9 Å². The molecule has 172 valence electrons. The molecule has 0 aliphatic rings. The zero-order valence-corrected chi connectivity index (χ0v) is 19.5. The average molecular weight is 488 g/mol. The minimum atomic E-state index is -4.13. The van der Waals surface area contributed by atoms with Crippen LogP contribution < -0.4 is 19.7 Å². The Hall–Kier alpha value is -3.56. The summed E-state index contributed by atoms with van der Waals surface area (Å²) in [6.07, 6.45) is 0. The summed E-state index contributed by atoms with van der Waals surface area (Å²) in [5.41, 5.74) is 1.10. The first-order chi connectivity index (χ1) is 15.7. The van der Waals surface area contributed by atoms with Crippen LogP contribution in [0.2, 0.25) is 5.02 Å². The van der Waals surface area contributed by atoms with Gasteiger partial charge in [0.15, 0.2) is 0 Å². The van der Waals surface area contributed by atoms with Crippen molar-refractivity contribution in [2.75, 3.05) is 28.6 Å². The molecule has 0 fully saturated rings. The molecule has 3 aromatic carbocycles. The monoisotopic (exact) mass is 487 g/mol. The molecule has 0 aliphatic carbocycles. The van der Waals surface area contributed by atoms with Crippen LogP contribution >= 0.6 is 11.6 Å². The van der Waals surface area contributed by atoms with Crippen molar-refractivity contribution < 1.29 is 22.7 Å². The van der Waals surface area contributed by atoms with Crippen molar-refractivity contribution in [2.45, 2.75) is 11.8 Å². The highest BCUT2D eigenvalue weighted by atomic mass is 35.5. The number of rotatable bonds is 8. The molecule has 0 bridgehead atoms. The molecule has 0 aliphatic heterocycles. The van der Waals surface area contributed by atoms with Gasteiger partial charge in [0.2, 0.25) is 11.8 Å². The lowest BCUT2D eigenvalue weighted by Crippen LogP contribution is -2.38. The molecule has 0 heterocycles. The van der Waals surface area contributed by atoms with E-state index in [1.165, 1.54) is 38.3 Å². The Morgan fingerprint density at radius 1 is 0.939 bits per heavy atom. The van der Waals surface area contributed by atoms with Crippen molar-refractivity contribution in [3.05, 3.63) is 77.8 Å². The van der Waals surface area contributed by atoms with Gasteiger partial charge in [0.05, 0.1) is 28.4 Å². The van der Waals surface area contributed by atoms with Gasteiger partial charge in [-0.1, -0.05) is 23.7 Å². The van der Waals surface area contributed by atoms with Gasteiger partial charge in [0.25, 0.3) is 10.0 Å². The van der Waals surface area contributed by atoms with Crippen molar-refractivity contribution >= 4 is 50.5 Å². The summed E-state index contributed by atoms with van der Waals surface area (Å²) in [5, 5.41) is 5.55. The van der Waals surface area contributed by atoms with Gasteiger partial charge in [0, 0.05) is 12.6 Å². The highest BCUT2D eigenvalue weighted by molar-refractivity contribution is 7.92. The zero-order valence-electron chi connectivity index (χ0n) is 17.9. The van der Waals surface area contributed by atoms with Crippen LogP contribution in [0.3, 0.4) is 0 Å². The maximum Gasteiger partial charge on any atom is 0.264 e. The van der Waals surface area contributed by atoms with E-state index in [4.69, 9.17) is 16.3 Å². The van der Waals surface area contributed by atoms with Gasteiger partial charge in [-0.15, -0.1) is 0 Å². The van der Waals surface area contributed by atoms with Crippen molar-refractivity contribution in [1.82, 2.24) is 0 Å². The SMILES string of the molecule is COc1ccc(N(CC(=O)Nc2ccccc2Cl)S(=O)(=O)c2ccc(NC(C)=O)cc2)cc1. The lowest BCUT2D eigenvalue weighted by atomic mass is 10.3. The van der Waals surface area contributed by atoms with Crippen molar-refractivity contribution in [2.24, 2.45) is 0 Å². The van der Waals surface area contributed by atoms with Crippen LogP contribution in [-0.4, -0.2) is 33.9 Å². The Balaban J connectivity index is 1.94. The van der Waals surface area contributed by atoms with Crippen LogP contribution in [0.25, 0.3) is 0 Å². The minimum absolute atomic E-state index is 0.0436. The molecular formula is C23H22ClN3O5S. The number of sulfonamides is 1. The number of nitrogens with one attached hydrogen (secondary N) is 2. The molecule has 2 amide bonds. The standard InChI is InChI=1S/C23H22ClN3O5S/c1-16(28)25-17-7-13-20(14-8-17)33(30,31)27(18-9-11-19(32-2)12-10-18)15-23(29)26-22-6-4-3-5-21(22)24/h3-14H,15H2,1-2H3,(H,25,28)(H,26,29). The Morgan fingerprint density at radius 3 is 2.15 bits per heavy atom. The molecule has 10 heteroatoms. The molecule has 0 unspecified atom stereocenters. The Morgan fingerprint density at radius 2 is 1.58 bits per heavy atom. The molecule has 0 aromatic heterocycles. The molecule has 8 nitrogen and oxygen atoms in total. The van der Waals surface area contributed by atoms with Crippen LogP contribution in [0.15, 0.2) is 77.7 Å². The third kappa shape index (κ3) is 6.03. The summed E-state index contributed by atoms with van der Waals surface area (Å²) in [7, 11) is -2.63. The lowest BCUT2D eigenvalue weighted by Gasteiger charge is -2.24. The number of amides is 2. The van der Waals surface area contributed by atoms with E-state index in [2.05, 4.69) is 10.6 Å². The van der Waals surface area contributed by atoms with Crippen molar-refractivity contribution in [1.29, 1.82) is 0 Å². The van der Waals surface area contributed by atoms with E-state index in [0.29, 0.717) is 22.1 Å². The summed E-state index contributed by atoms with van der Waals surface area (Å²) < 4.78 is 33.1. The number of para-hydroxylation sites is 1. The highest BCUT2D eigenvalue weighted by Crippen LogP contribution is 2.27. The van der Waals surface area contributed by atoms with Crippen LogP contribution in [0.1, 0.15) is 6.92 Å². The lowest BCUT2D eigenvalue weighted by molar-refractivity contribution is -0.115. The third-order valence-corrected chi connectivity index (χ3v) is 6.68. The molecule has 0 saturated heterocycles. The second-order valence-electron chi connectivity index (χ2n) is 6.94. The maximum atomic E-state index is 13.5. The number of carbonyl (C=O) groups is 2. The fourth-order valence-corrected chi connectivity index (χ4v) is 4.59. The van der Waals surface area contributed by atoms with Gasteiger partial charge in [-0.25, -0.2) is 8.42 Å². The zero-order chi connectivity index (χ0) is 24.0. The smallest absolute Gasteiger partial charge is 0.264 e. The van der Waals surface area contributed by atoms with E-state index in [-0.39, 0.29) is 16.5 Å². The van der Waals surface area contributed by atoms with E-state index >= 15 is 0 Å². The largest absolute Gasteiger partial charge is 0.497 e. The number of benzene rings is 3. The summed E-state index contributed by atoms with van der Waals surface area (Å²) >= 11 is 6.10. The first kappa shape index (κ1) is 24.1. The first-order valence-electron chi connectivity index (χ1n) is 9.79. The summed E-state index contributed by atoms with van der Waals surface area (Å²) in [6.45, 7) is 0.862. The number of hydrogen-bond acceptors (Lipinski definition) is 5. The van der Waals surface area contributed by atoms with Gasteiger partial charge in [0.1, 0.15) is 12.3 Å². The third-order valence-electron chi connectivity index (χ3n) is 4.56. The van der Waals surface area contributed by atoms with Gasteiger partial charge in [-0.2, -0.15) is 0 Å². The number of hydrogen-bond donors (Lipinski definition) is 2. The predicted molar refractivity (Wildman–Crippen MR) is 128 cm³/mol. The summed E-state index contributed by atoms with van der Waals surface area (Å²) in [6, 6.07) is 18.6. The molecule has 0 saturated carbocycles. The van der Waals surface area contributed by atoms with E-state index in [9.17, 15) is 18.0 Å². The molecule has 0 atom stereocenters. The van der Waals surface area contributed by atoms with Crippen LogP contribution in [-0.2, 0) is 19.6 Å². The summed E-state index contributed by atoms with van der Waals surface area (Å²) in [5.74, 6) is -0.310. The highest BCUT2D eigenvalue weighted by Gasteiger charge is 2.27. The number of halogens is 1. The first-order valence-corrected chi connectivity index (χ1v) is 11.6. The van der Waals surface area contributed by atoms with Gasteiger partial charge in [-0.05, 0) is 60.7 Å². The predicted octanol–water partition coefficient (Wildman–Crippen LogP) is 4.14. The Labute approximate surface area is 197 Å². The van der Waals surface area contributed by atoms with Crippen LogP contribution in [0, 0.1) is 0 Å². The molecule has 0 spiro atoms.